The number of ether oxygens (including phenoxy) is 2. The van der Waals surface area contributed by atoms with Crippen molar-refractivity contribution in [1.82, 2.24) is 9.97 Å². The Morgan fingerprint density at radius 1 is 1.42 bits per heavy atom. The van der Waals surface area contributed by atoms with Gasteiger partial charge >= 0.3 is 5.97 Å². The van der Waals surface area contributed by atoms with E-state index < -0.39 is 5.97 Å². The molecule has 19 heavy (non-hydrogen) atoms. The summed E-state index contributed by atoms with van der Waals surface area (Å²) < 4.78 is 10.2. The lowest BCUT2D eigenvalue weighted by molar-refractivity contribution is 0.0595. The Kier molecular flexibility index (Phi) is 4.18. The Morgan fingerprint density at radius 2 is 2.26 bits per heavy atom. The van der Waals surface area contributed by atoms with E-state index in [2.05, 4.69) is 21.6 Å². The van der Waals surface area contributed by atoms with Crippen LogP contribution < -0.4 is 4.74 Å². The number of nitrogens with zero attached hydrogens (tertiary/aromatic N) is 1. The van der Waals surface area contributed by atoms with Crippen LogP contribution in [0.3, 0.4) is 0 Å². The maximum atomic E-state index is 11.3. The van der Waals surface area contributed by atoms with Gasteiger partial charge in [0.1, 0.15) is 17.3 Å². The SMILES string of the molecule is CCCOc1cccc(-c2ncc(C(=O)OC)[nH]2)c1. The number of aromatic amines is 1. The van der Waals surface area contributed by atoms with Gasteiger partial charge in [-0.2, -0.15) is 0 Å². The van der Waals surface area contributed by atoms with Gasteiger partial charge in [-0.1, -0.05) is 19.1 Å². The Morgan fingerprint density at radius 3 is 3.00 bits per heavy atom. The summed E-state index contributed by atoms with van der Waals surface area (Å²) in [5, 5.41) is 0. The van der Waals surface area contributed by atoms with E-state index in [0.717, 1.165) is 17.7 Å². The first-order chi connectivity index (χ1) is 9.24. The van der Waals surface area contributed by atoms with Gasteiger partial charge < -0.3 is 14.5 Å². The number of H-pyrrole nitrogens is 1. The number of imidazole rings is 1. The Labute approximate surface area is 111 Å². The number of esters is 1. The normalized spacial score (nSPS) is 10.2. The molecule has 0 aliphatic rings. The molecule has 0 bridgehead atoms. The molecule has 0 aliphatic carbocycles. The number of nitrogens with one attached hydrogen (secondary N) is 1. The van der Waals surface area contributed by atoms with Crippen molar-refractivity contribution in [3.05, 3.63) is 36.2 Å². The lowest BCUT2D eigenvalue weighted by Crippen LogP contribution is -2.01. The van der Waals surface area contributed by atoms with E-state index in [1.54, 1.807) is 0 Å². The largest absolute Gasteiger partial charge is 0.494 e. The molecule has 5 heteroatoms. The number of rotatable bonds is 5. The first kappa shape index (κ1) is 13.1. The summed E-state index contributed by atoms with van der Waals surface area (Å²) in [5.41, 5.74) is 1.20. The number of methoxy groups -OCH3 is 1. The first-order valence-corrected chi connectivity index (χ1v) is 6.11. The number of hydrogen-bond donors (Lipinski definition) is 1. The summed E-state index contributed by atoms with van der Waals surface area (Å²) in [6, 6.07) is 7.57. The zero-order valence-electron chi connectivity index (χ0n) is 11.0. The summed E-state index contributed by atoms with van der Waals surface area (Å²) in [7, 11) is 1.34. The molecule has 1 aromatic carbocycles. The van der Waals surface area contributed by atoms with Crippen LogP contribution in [-0.4, -0.2) is 29.7 Å². The monoisotopic (exact) mass is 260 g/mol. The highest BCUT2D eigenvalue weighted by molar-refractivity contribution is 5.87. The van der Waals surface area contributed by atoms with Gasteiger partial charge in [0.05, 0.1) is 19.9 Å². The second-order valence-corrected chi connectivity index (χ2v) is 4.01. The van der Waals surface area contributed by atoms with E-state index in [1.807, 2.05) is 24.3 Å². The van der Waals surface area contributed by atoms with Crippen LogP contribution in [0.2, 0.25) is 0 Å². The standard InChI is InChI=1S/C14H16N2O3/c1-3-7-19-11-6-4-5-10(8-11)13-15-9-12(16-13)14(17)18-2/h4-6,8-9H,3,7H2,1-2H3,(H,15,16). The van der Waals surface area contributed by atoms with Gasteiger partial charge in [0.15, 0.2) is 0 Å². The van der Waals surface area contributed by atoms with Gasteiger partial charge in [-0.15, -0.1) is 0 Å². The number of carbonyl (C=O) groups is 1. The number of benzene rings is 1. The van der Waals surface area contributed by atoms with E-state index in [9.17, 15) is 4.79 Å². The number of hydrogen-bond acceptors (Lipinski definition) is 4. The Bertz CT molecular complexity index is 563. The molecule has 100 valence electrons. The van der Waals surface area contributed by atoms with Gasteiger partial charge in [0.25, 0.3) is 0 Å². The molecule has 0 atom stereocenters. The zero-order chi connectivity index (χ0) is 13.7. The highest BCUT2D eigenvalue weighted by atomic mass is 16.5. The van der Waals surface area contributed by atoms with E-state index in [1.165, 1.54) is 13.3 Å². The van der Waals surface area contributed by atoms with Crippen LogP contribution in [0.15, 0.2) is 30.5 Å². The summed E-state index contributed by atoms with van der Waals surface area (Å²) in [4.78, 5) is 18.4. The molecule has 0 saturated carbocycles. The average Bonchev–Trinajstić information content (AvgIpc) is 2.94. The molecule has 1 N–H and O–H groups in total. The third-order valence-corrected chi connectivity index (χ3v) is 2.56. The molecule has 0 aliphatic heterocycles. The molecule has 0 amide bonds. The average molecular weight is 260 g/mol. The predicted octanol–water partition coefficient (Wildman–Crippen LogP) is 2.65. The number of carbonyl (C=O) groups excluding carboxylic acids is 1. The van der Waals surface area contributed by atoms with Crippen LogP contribution in [0.4, 0.5) is 0 Å². The van der Waals surface area contributed by atoms with Crippen LogP contribution >= 0.6 is 0 Å². The van der Waals surface area contributed by atoms with E-state index in [4.69, 9.17) is 4.74 Å². The fraction of sp³-hybridized carbons (Fsp3) is 0.286. The smallest absolute Gasteiger partial charge is 0.356 e. The highest BCUT2D eigenvalue weighted by Crippen LogP contribution is 2.21. The summed E-state index contributed by atoms with van der Waals surface area (Å²) in [6.07, 6.45) is 2.41. The van der Waals surface area contributed by atoms with E-state index in [-0.39, 0.29) is 0 Å². The lowest BCUT2D eigenvalue weighted by Gasteiger charge is -2.05. The third-order valence-electron chi connectivity index (χ3n) is 2.56. The minimum absolute atomic E-state index is 0.331. The zero-order valence-corrected chi connectivity index (χ0v) is 11.0. The Hall–Kier alpha value is -2.30. The quantitative estimate of drug-likeness (QED) is 0.839. The molecule has 0 unspecified atom stereocenters. The lowest BCUT2D eigenvalue weighted by atomic mass is 10.2. The fourth-order valence-corrected chi connectivity index (χ4v) is 1.63. The van der Waals surface area contributed by atoms with Crippen LogP contribution in [0.5, 0.6) is 5.75 Å². The second-order valence-electron chi connectivity index (χ2n) is 4.01. The van der Waals surface area contributed by atoms with Gasteiger partial charge in [-0.25, -0.2) is 9.78 Å². The van der Waals surface area contributed by atoms with Crippen molar-refractivity contribution in [1.29, 1.82) is 0 Å². The molecule has 2 rings (SSSR count). The molecule has 5 nitrogen and oxygen atoms in total. The molecular weight excluding hydrogens is 244 g/mol. The summed E-state index contributed by atoms with van der Waals surface area (Å²) >= 11 is 0. The Balaban J connectivity index is 2.21. The van der Waals surface area contributed by atoms with Gasteiger partial charge in [-0.05, 0) is 18.6 Å². The molecule has 0 fully saturated rings. The minimum atomic E-state index is -0.433. The van der Waals surface area contributed by atoms with Crippen LogP contribution in [0.25, 0.3) is 11.4 Å². The number of aromatic nitrogens is 2. The van der Waals surface area contributed by atoms with Crippen LogP contribution in [0, 0.1) is 0 Å². The van der Waals surface area contributed by atoms with Crippen molar-refractivity contribution in [3.8, 4) is 17.1 Å². The van der Waals surface area contributed by atoms with E-state index >= 15 is 0 Å². The van der Waals surface area contributed by atoms with Gasteiger partial charge in [0.2, 0.25) is 0 Å². The molecule has 0 radical (unpaired) electrons. The maximum Gasteiger partial charge on any atom is 0.356 e. The van der Waals surface area contributed by atoms with Crippen LogP contribution in [-0.2, 0) is 4.74 Å². The van der Waals surface area contributed by atoms with E-state index in [0.29, 0.717) is 18.1 Å². The highest BCUT2D eigenvalue weighted by Gasteiger charge is 2.10. The predicted molar refractivity (Wildman–Crippen MR) is 71.1 cm³/mol. The maximum absolute atomic E-state index is 11.3. The minimum Gasteiger partial charge on any atom is -0.494 e. The first-order valence-electron chi connectivity index (χ1n) is 6.11. The molecule has 0 spiro atoms. The summed E-state index contributed by atoms with van der Waals surface area (Å²) in [6.45, 7) is 2.73. The molecule has 2 aromatic rings. The van der Waals surface area contributed by atoms with Crippen molar-refractivity contribution >= 4 is 5.97 Å². The van der Waals surface area contributed by atoms with Crippen LogP contribution in [0.1, 0.15) is 23.8 Å². The van der Waals surface area contributed by atoms with Gasteiger partial charge in [0, 0.05) is 5.56 Å². The molecular formula is C14H16N2O3. The van der Waals surface area contributed by atoms with Crippen molar-refractivity contribution < 1.29 is 14.3 Å². The summed E-state index contributed by atoms with van der Waals surface area (Å²) in [5.74, 6) is 0.967. The van der Waals surface area contributed by atoms with Gasteiger partial charge in [-0.3, -0.25) is 0 Å². The fourth-order valence-electron chi connectivity index (χ4n) is 1.63. The topological polar surface area (TPSA) is 64.2 Å². The second kappa shape index (κ2) is 6.04. The molecule has 0 saturated heterocycles. The third kappa shape index (κ3) is 3.13. The molecule has 1 aromatic heterocycles. The van der Waals surface area contributed by atoms with Crippen molar-refractivity contribution in [2.24, 2.45) is 0 Å². The van der Waals surface area contributed by atoms with Crippen molar-refractivity contribution in [2.45, 2.75) is 13.3 Å². The van der Waals surface area contributed by atoms with Crippen molar-refractivity contribution in [3.63, 3.8) is 0 Å². The molecule has 1 heterocycles. The van der Waals surface area contributed by atoms with Crippen molar-refractivity contribution in [2.75, 3.05) is 13.7 Å².